The molecule has 24 heavy (non-hydrogen) atoms. The van der Waals surface area contributed by atoms with Crippen molar-refractivity contribution in [3.8, 4) is 0 Å². The molecule has 1 saturated heterocycles. The zero-order valence-corrected chi connectivity index (χ0v) is 14.4. The maximum Gasteiger partial charge on any atom is 0.410 e. The molecule has 7 nitrogen and oxygen atoms in total. The van der Waals surface area contributed by atoms with Gasteiger partial charge < -0.3 is 14.4 Å². The van der Waals surface area contributed by atoms with Crippen LogP contribution in [0.3, 0.4) is 0 Å². The van der Waals surface area contributed by atoms with Crippen LogP contribution in [0.15, 0.2) is 24.5 Å². The normalized spacial score (nSPS) is 13.5. The van der Waals surface area contributed by atoms with Gasteiger partial charge in [-0.3, -0.25) is 14.6 Å². The summed E-state index contributed by atoms with van der Waals surface area (Å²) in [5.74, 6) is -0.254. The maximum atomic E-state index is 11.4. The second kappa shape index (κ2) is 9.64. The third-order valence-corrected chi connectivity index (χ3v) is 3.02. The monoisotopic (exact) mass is 336 g/mol. The largest absolute Gasteiger partial charge is 0.459 e. The molecule has 0 saturated carbocycles. The zero-order valence-electron chi connectivity index (χ0n) is 14.4. The number of ether oxygens (including phenoxy) is 2. The Morgan fingerprint density at radius 1 is 1.29 bits per heavy atom. The average Bonchev–Trinajstić information content (AvgIpc) is 3.07. The van der Waals surface area contributed by atoms with Gasteiger partial charge in [-0.1, -0.05) is 0 Å². The Hall–Kier alpha value is -2.44. The van der Waals surface area contributed by atoms with Crippen LogP contribution in [0.25, 0.3) is 0 Å². The Kier molecular flexibility index (Phi) is 7.88. The van der Waals surface area contributed by atoms with Gasteiger partial charge in [0, 0.05) is 31.0 Å². The number of rotatable bonds is 4. The molecule has 132 valence electrons. The highest BCUT2D eigenvalue weighted by molar-refractivity contribution is 5.97. The van der Waals surface area contributed by atoms with Crippen LogP contribution in [0, 0.1) is 0 Å². The van der Waals surface area contributed by atoms with E-state index in [0.29, 0.717) is 5.56 Å². The summed E-state index contributed by atoms with van der Waals surface area (Å²) < 4.78 is 9.50. The van der Waals surface area contributed by atoms with Crippen LogP contribution in [-0.4, -0.2) is 53.5 Å². The Balaban J connectivity index is 0.000000240. The van der Waals surface area contributed by atoms with E-state index in [9.17, 15) is 14.4 Å². The van der Waals surface area contributed by atoms with Crippen LogP contribution in [0.5, 0.6) is 0 Å². The molecule has 1 aliphatic heterocycles. The van der Waals surface area contributed by atoms with Crippen molar-refractivity contribution in [1.29, 1.82) is 0 Å². The van der Waals surface area contributed by atoms with Crippen LogP contribution in [-0.2, 0) is 14.3 Å². The van der Waals surface area contributed by atoms with E-state index in [1.165, 1.54) is 6.20 Å². The summed E-state index contributed by atoms with van der Waals surface area (Å²) in [6, 6.07) is 3.26. The fourth-order valence-electron chi connectivity index (χ4n) is 1.95. The molecule has 1 aromatic heterocycles. The predicted octanol–water partition coefficient (Wildman–Crippen LogP) is 2.45. The smallest absolute Gasteiger partial charge is 0.410 e. The van der Waals surface area contributed by atoms with Gasteiger partial charge in [0.15, 0.2) is 6.61 Å². The summed E-state index contributed by atoms with van der Waals surface area (Å²) in [5, 5.41) is 0. The quantitative estimate of drug-likeness (QED) is 0.620. The zero-order chi connectivity index (χ0) is 18.0. The van der Waals surface area contributed by atoms with E-state index < -0.39 is 0 Å². The lowest BCUT2D eigenvalue weighted by molar-refractivity contribution is -0.127. The summed E-state index contributed by atoms with van der Waals surface area (Å²) in [6.45, 7) is 7.40. The van der Waals surface area contributed by atoms with Crippen LogP contribution in [0.2, 0.25) is 0 Å². The number of amides is 1. The lowest BCUT2D eigenvalue weighted by Gasteiger charge is -2.23. The predicted molar refractivity (Wildman–Crippen MR) is 87.6 cm³/mol. The van der Waals surface area contributed by atoms with E-state index in [2.05, 4.69) is 9.72 Å². The van der Waals surface area contributed by atoms with Crippen molar-refractivity contribution in [2.75, 3.05) is 19.7 Å². The number of hydrogen-bond acceptors (Lipinski definition) is 6. The number of hydrogen-bond donors (Lipinski definition) is 0. The molecule has 0 aliphatic carbocycles. The molecule has 1 aromatic rings. The van der Waals surface area contributed by atoms with Crippen molar-refractivity contribution in [1.82, 2.24) is 9.88 Å². The first-order valence-electron chi connectivity index (χ1n) is 7.80. The van der Waals surface area contributed by atoms with Gasteiger partial charge in [-0.2, -0.15) is 0 Å². The van der Waals surface area contributed by atoms with E-state index in [4.69, 9.17) is 4.74 Å². The lowest BCUT2D eigenvalue weighted by Crippen LogP contribution is -2.34. The number of pyridine rings is 1. The second-order valence-electron chi connectivity index (χ2n) is 6.25. The molecule has 0 atom stereocenters. The van der Waals surface area contributed by atoms with Gasteiger partial charge in [-0.25, -0.2) is 4.79 Å². The van der Waals surface area contributed by atoms with Crippen LogP contribution >= 0.6 is 0 Å². The Morgan fingerprint density at radius 3 is 2.46 bits per heavy atom. The first kappa shape index (κ1) is 19.6. The minimum atomic E-state index is -0.361. The average molecular weight is 336 g/mol. The van der Waals surface area contributed by atoms with Crippen molar-refractivity contribution in [2.24, 2.45) is 0 Å². The molecule has 0 N–H and O–H groups in total. The Labute approximate surface area is 142 Å². The first-order valence-corrected chi connectivity index (χ1v) is 7.80. The molecule has 2 heterocycles. The lowest BCUT2D eigenvalue weighted by atomic mass is 10.2. The summed E-state index contributed by atoms with van der Waals surface area (Å²) in [4.78, 5) is 37.7. The number of nitrogens with zero attached hydrogens (tertiary/aromatic N) is 2. The van der Waals surface area contributed by atoms with Gasteiger partial charge in [0.25, 0.3) is 6.47 Å². The van der Waals surface area contributed by atoms with Gasteiger partial charge >= 0.3 is 6.09 Å². The highest BCUT2D eigenvalue weighted by atomic mass is 16.6. The number of likely N-dealkylation sites (tertiary alicyclic amines) is 1. The molecule has 7 heteroatoms. The Morgan fingerprint density at radius 2 is 1.96 bits per heavy atom. The first-order chi connectivity index (χ1) is 11.3. The molecule has 0 aromatic carbocycles. The van der Waals surface area contributed by atoms with Crippen molar-refractivity contribution in [3.63, 3.8) is 0 Å². The molecule has 1 aliphatic rings. The third-order valence-electron chi connectivity index (χ3n) is 3.02. The molecule has 0 spiro atoms. The van der Waals surface area contributed by atoms with Crippen molar-refractivity contribution >= 4 is 18.3 Å². The maximum absolute atomic E-state index is 11.4. The molecular formula is C17H24N2O5. The van der Waals surface area contributed by atoms with Gasteiger partial charge in [-0.15, -0.1) is 0 Å². The summed E-state index contributed by atoms with van der Waals surface area (Å²) in [5.41, 5.74) is 0.0824. The number of carbonyl (C=O) groups is 3. The number of carbonyl (C=O) groups excluding carboxylic acids is 3. The fourth-order valence-corrected chi connectivity index (χ4v) is 1.95. The molecule has 0 unspecified atom stereocenters. The second-order valence-corrected chi connectivity index (χ2v) is 6.25. The third kappa shape index (κ3) is 7.71. The molecule has 2 rings (SSSR count). The van der Waals surface area contributed by atoms with Gasteiger partial charge in [0.1, 0.15) is 5.60 Å². The molecule has 0 bridgehead atoms. The molecule has 1 fully saturated rings. The van der Waals surface area contributed by atoms with E-state index in [0.717, 1.165) is 25.9 Å². The molecule has 0 radical (unpaired) electrons. The summed E-state index contributed by atoms with van der Waals surface area (Å²) in [6.07, 6.45) is 5.05. The SMILES string of the molecule is CC(C)(C)OC(=O)N1CCCC1.O=COCC(=O)c1cccnc1. The minimum Gasteiger partial charge on any atom is -0.459 e. The van der Waals surface area contributed by atoms with E-state index in [1.807, 2.05) is 20.8 Å². The topological polar surface area (TPSA) is 85.8 Å². The van der Waals surface area contributed by atoms with Crippen LogP contribution in [0.4, 0.5) is 4.79 Å². The van der Waals surface area contributed by atoms with Crippen molar-refractivity contribution in [2.45, 2.75) is 39.2 Å². The summed E-state index contributed by atoms with van der Waals surface area (Å²) >= 11 is 0. The fraction of sp³-hybridized carbons (Fsp3) is 0.529. The molecular weight excluding hydrogens is 312 g/mol. The molecule has 1 amide bonds. The van der Waals surface area contributed by atoms with E-state index in [1.54, 1.807) is 23.2 Å². The number of aromatic nitrogens is 1. The standard InChI is InChI=1S/C9H17NO2.C8H7NO3/c1-9(2,3)12-8(11)10-6-4-5-7-10;10-6-12-5-8(11)7-2-1-3-9-4-7/h4-7H2,1-3H3;1-4,6H,5H2. The highest BCUT2D eigenvalue weighted by Crippen LogP contribution is 2.14. The number of ketones is 1. The minimum absolute atomic E-state index is 0.167. The Bertz CT molecular complexity index is 534. The van der Waals surface area contributed by atoms with E-state index >= 15 is 0 Å². The van der Waals surface area contributed by atoms with Crippen LogP contribution < -0.4 is 0 Å². The van der Waals surface area contributed by atoms with Crippen molar-refractivity contribution in [3.05, 3.63) is 30.1 Å². The van der Waals surface area contributed by atoms with Crippen LogP contribution in [0.1, 0.15) is 44.0 Å². The van der Waals surface area contributed by atoms with Gasteiger partial charge in [0.2, 0.25) is 5.78 Å². The van der Waals surface area contributed by atoms with Gasteiger partial charge in [0.05, 0.1) is 0 Å². The summed E-state index contributed by atoms with van der Waals surface area (Å²) in [7, 11) is 0. The van der Waals surface area contributed by atoms with Gasteiger partial charge in [-0.05, 0) is 45.7 Å². The number of Topliss-reactive ketones (excluding diaryl/α,β-unsaturated/α-hetero) is 1. The van der Waals surface area contributed by atoms with Crippen molar-refractivity contribution < 1.29 is 23.9 Å². The highest BCUT2D eigenvalue weighted by Gasteiger charge is 2.23. The van der Waals surface area contributed by atoms with E-state index in [-0.39, 0.29) is 30.6 Å².